The lowest BCUT2D eigenvalue weighted by Crippen LogP contribution is -2.29. The number of benzene rings is 1. The molecule has 2 aromatic rings. The van der Waals surface area contributed by atoms with Crippen LogP contribution in [0, 0.1) is 0 Å². The van der Waals surface area contributed by atoms with Crippen molar-refractivity contribution in [2.24, 2.45) is 0 Å². The normalized spacial score (nSPS) is 20.3. The first-order chi connectivity index (χ1) is 15.1. The maximum atomic E-state index is 11.2. The quantitative estimate of drug-likeness (QED) is 0.768. The molecule has 2 saturated heterocycles. The minimum atomic E-state index is -0.0271. The summed E-state index contributed by atoms with van der Waals surface area (Å²) in [5, 5.41) is 2.90. The molecule has 0 bridgehead atoms. The molecule has 7 nitrogen and oxygen atoms in total. The second kappa shape index (κ2) is 10.0. The standard InChI is InChI=1S/C24H32N4O3/c1-18(25-19(2)29)20-7-9-21(10-8-20)31-22-11-13-28(17-22)24-6-3-5-23(26-24)27-12-4-15-30-16-14-27/h3,5-10,18,22H,4,11-17H2,1-2H3,(H,25,29)/t18-,22+/m0/s1. The molecular formula is C24H32N4O3. The summed E-state index contributed by atoms with van der Waals surface area (Å²) in [6.07, 6.45) is 2.14. The van der Waals surface area contributed by atoms with E-state index in [1.165, 1.54) is 6.92 Å². The molecule has 1 N–H and O–H groups in total. The molecule has 2 aliphatic heterocycles. The number of amides is 1. The van der Waals surface area contributed by atoms with Gasteiger partial charge in [-0.05, 0) is 43.2 Å². The Kier molecular flexibility index (Phi) is 6.92. The number of carbonyl (C=O) groups excluding carboxylic acids is 1. The van der Waals surface area contributed by atoms with Crippen LogP contribution in [-0.2, 0) is 9.53 Å². The van der Waals surface area contributed by atoms with E-state index in [1.54, 1.807) is 0 Å². The molecule has 2 fully saturated rings. The fraction of sp³-hybridized carbons (Fsp3) is 0.500. The molecule has 4 rings (SSSR count). The van der Waals surface area contributed by atoms with Crippen LogP contribution in [0.2, 0.25) is 0 Å². The number of aromatic nitrogens is 1. The van der Waals surface area contributed by atoms with Gasteiger partial charge >= 0.3 is 0 Å². The highest BCUT2D eigenvalue weighted by Gasteiger charge is 2.25. The third-order valence-corrected chi connectivity index (χ3v) is 5.84. The van der Waals surface area contributed by atoms with Gasteiger partial charge in [-0.3, -0.25) is 4.79 Å². The zero-order valence-corrected chi connectivity index (χ0v) is 18.4. The lowest BCUT2D eigenvalue weighted by atomic mass is 10.1. The Morgan fingerprint density at radius 1 is 1.10 bits per heavy atom. The van der Waals surface area contributed by atoms with Crippen molar-refractivity contribution >= 4 is 17.5 Å². The predicted octanol–water partition coefficient (Wildman–Crippen LogP) is 3.16. The minimum absolute atomic E-state index is 0.0114. The van der Waals surface area contributed by atoms with Gasteiger partial charge in [0.2, 0.25) is 5.91 Å². The van der Waals surface area contributed by atoms with Crippen LogP contribution in [-0.4, -0.2) is 56.4 Å². The monoisotopic (exact) mass is 424 g/mol. The second-order valence-electron chi connectivity index (χ2n) is 8.27. The summed E-state index contributed by atoms with van der Waals surface area (Å²) >= 11 is 0. The van der Waals surface area contributed by atoms with Crippen LogP contribution < -0.4 is 19.9 Å². The van der Waals surface area contributed by atoms with Gasteiger partial charge in [0.25, 0.3) is 0 Å². The molecular weight excluding hydrogens is 392 g/mol. The highest BCUT2D eigenvalue weighted by Crippen LogP contribution is 2.25. The molecule has 166 valence electrons. The minimum Gasteiger partial charge on any atom is -0.489 e. The largest absolute Gasteiger partial charge is 0.489 e. The molecule has 1 aromatic carbocycles. The first-order valence-electron chi connectivity index (χ1n) is 11.2. The lowest BCUT2D eigenvalue weighted by molar-refractivity contribution is -0.119. The van der Waals surface area contributed by atoms with Crippen LogP contribution >= 0.6 is 0 Å². The molecule has 1 amide bonds. The van der Waals surface area contributed by atoms with E-state index in [0.717, 1.165) is 75.2 Å². The van der Waals surface area contributed by atoms with E-state index >= 15 is 0 Å². The molecule has 0 aliphatic carbocycles. The Morgan fingerprint density at radius 2 is 1.87 bits per heavy atom. The van der Waals surface area contributed by atoms with Gasteiger partial charge in [0.05, 0.1) is 19.2 Å². The lowest BCUT2D eigenvalue weighted by Gasteiger charge is -2.24. The Balaban J connectivity index is 1.34. The highest BCUT2D eigenvalue weighted by molar-refractivity contribution is 5.73. The summed E-state index contributed by atoms with van der Waals surface area (Å²) in [5.74, 6) is 2.86. The zero-order chi connectivity index (χ0) is 21.6. The van der Waals surface area contributed by atoms with Crippen LogP contribution in [0.4, 0.5) is 11.6 Å². The first-order valence-corrected chi connectivity index (χ1v) is 11.2. The molecule has 0 unspecified atom stereocenters. The van der Waals surface area contributed by atoms with Crippen LogP contribution in [0.5, 0.6) is 5.75 Å². The van der Waals surface area contributed by atoms with E-state index in [2.05, 4.69) is 33.3 Å². The number of carbonyl (C=O) groups is 1. The number of nitrogens with one attached hydrogen (secondary N) is 1. The van der Waals surface area contributed by atoms with E-state index in [-0.39, 0.29) is 18.1 Å². The fourth-order valence-electron chi connectivity index (χ4n) is 4.19. The maximum absolute atomic E-state index is 11.2. The fourth-order valence-corrected chi connectivity index (χ4v) is 4.19. The van der Waals surface area contributed by atoms with Crippen molar-refractivity contribution in [2.75, 3.05) is 49.2 Å². The van der Waals surface area contributed by atoms with Crippen LogP contribution in [0.15, 0.2) is 42.5 Å². The molecule has 2 atom stereocenters. The topological polar surface area (TPSA) is 66.9 Å². The van der Waals surface area contributed by atoms with Crippen LogP contribution in [0.1, 0.15) is 38.3 Å². The average Bonchev–Trinajstić information content (AvgIpc) is 3.06. The number of anilines is 2. The summed E-state index contributed by atoms with van der Waals surface area (Å²) in [6.45, 7) is 8.73. The number of nitrogens with zero attached hydrogens (tertiary/aromatic N) is 3. The van der Waals surface area contributed by atoms with Crippen LogP contribution in [0.25, 0.3) is 0 Å². The molecule has 2 aliphatic rings. The Labute approximate surface area is 184 Å². The van der Waals surface area contributed by atoms with E-state index in [4.69, 9.17) is 14.5 Å². The van der Waals surface area contributed by atoms with Crippen LogP contribution in [0.3, 0.4) is 0 Å². The van der Waals surface area contributed by atoms with Crippen molar-refractivity contribution in [3.05, 3.63) is 48.0 Å². The van der Waals surface area contributed by atoms with Gasteiger partial charge in [-0.2, -0.15) is 0 Å². The average molecular weight is 425 g/mol. The summed E-state index contributed by atoms with van der Waals surface area (Å²) in [6, 6.07) is 14.2. The Morgan fingerprint density at radius 3 is 2.65 bits per heavy atom. The smallest absolute Gasteiger partial charge is 0.217 e. The Bertz CT molecular complexity index is 865. The van der Waals surface area contributed by atoms with E-state index in [0.29, 0.717) is 0 Å². The zero-order valence-electron chi connectivity index (χ0n) is 18.4. The van der Waals surface area contributed by atoms with E-state index in [9.17, 15) is 4.79 Å². The summed E-state index contributed by atoms with van der Waals surface area (Å²) in [5.41, 5.74) is 1.07. The van der Waals surface area contributed by atoms with Gasteiger partial charge < -0.3 is 24.6 Å². The third-order valence-electron chi connectivity index (χ3n) is 5.84. The molecule has 7 heteroatoms. The number of hydrogen-bond acceptors (Lipinski definition) is 6. The van der Waals surface area contributed by atoms with Crippen molar-refractivity contribution in [1.29, 1.82) is 0 Å². The number of ether oxygens (including phenoxy) is 2. The van der Waals surface area contributed by atoms with Gasteiger partial charge in [0.15, 0.2) is 0 Å². The second-order valence-corrected chi connectivity index (χ2v) is 8.27. The number of rotatable bonds is 6. The van der Waals surface area contributed by atoms with Gasteiger partial charge in [-0.15, -0.1) is 0 Å². The maximum Gasteiger partial charge on any atom is 0.217 e. The van der Waals surface area contributed by atoms with Gasteiger partial charge in [0, 0.05) is 39.6 Å². The number of pyridine rings is 1. The number of hydrogen-bond donors (Lipinski definition) is 1. The van der Waals surface area contributed by atoms with Gasteiger partial charge in [-0.1, -0.05) is 18.2 Å². The SMILES string of the molecule is CC(=O)N[C@@H](C)c1ccc(O[C@@H]2CCN(c3cccc(N4CCCOCC4)n3)C2)cc1. The molecule has 31 heavy (non-hydrogen) atoms. The molecule has 0 saturated carbocycles. The highest BCUT2D eigenvalue weighted by atomic mass is 16.5. The molecule has 1 aromatic heterocycles. The van der Waals surface area contributed by atoms with Crippen molar-refractivity contribution in [3.8, 4) is 5.75 Å². The van der Waals surface area contributed by atoms with Gasteiger partial charge in [0.1, 0.15) is 23.5 Å². The summed E-state index contributed by atoms with van der Waals surface area (Å²) < 4.78 is 11.8. The van der Waals surface area contributed by atoms with Crippen molar-refractivity contribution in [2.45, 2.75) is 38.8 Å². The van der Waals surface area contributed by atoms with E-state index in [1.807, 2.05) is 31.2 Å². The summed E-state index contributed by atoms with van der Waals surface area (Å²) in [7, 11) is 0. The van der Waals surface area contributed by atoms with Crippen molar-refractivity contribution in [1.82, 2.24) is 10.3 Å². The Hall–Kier alpha value is -2.80. The van der Waals surface area contributed by atoms with Gasteiger partial charge in [-0.25, -0.2) is 4.98 Å². The van der Waals surface area contributed by atoms with Crippen molar-refractivity contribution < 1.29 is 14.3 Å². The molecule has 0 spiro atoms. The molecule has 3 heterocycles. The van der Waals surface area contributed by atoms with Crippen molar-refractivity contribution in [3.63, 3.8) is 0 Å². The first kappa shape index (κ1) is 21.4. The molecule has 0 radical (unpaired) electrons. The third kappa shape index (κ3) is 5.67. The summed E-state index contributed by atoms with van der Waals surface area (Å²) in [4.78, 5) is 20.8. The van der Waals surface area contributed by atoms with E-state index < -0.39 is 0 Å². The predicted molar refractivity (Wildman–Crippen MR) is 122 cm³/mol.